The highest BCUT2D eigenvalue weighted by Gasteiger charge is 2.39. The van der Waals surface area contributed by atoms with Gasteiger partial charge in [-0.05, 0) is 48.4 Å². The van der Waals surface area contributed by atoms with E-state index < -0.39 is 5.60 Å². The van der Waals surface area contributed by atoms with Crippen molar-refractivity contribution in [2.45, 2.75) is 50.5 Å². The first kappa shape index (κ1) is 12.0. The quantitative estimate of drug-likeness (QED) is 0.885. The van der Waals surface area contributed by atoms with Crippen molar-refractivity contribution in [3.63, 3.8) is 0 Å². The van der Waals surface area contributed by atoms with Crippen LogP contribution in [0.4, 0.5) is 0 Å². The average molecular weight is 246 g/mol. The first-order valence-corrected chi connectivity index (χ1v) is 7.11. The van der Waals surface area contributed by atoms with Gasteiger partial charge < -0.3 is 9.84 Å². The standard InChI is InChI=1S/C16H22O2/c1-18-14-7-6-13-8-9-16(17,15(13)10-14)11-12-4-2-3-5-12/h6-7,10,12,17H,2-5,8-9,11H2,1H3. The molecule has 1 saturated carbocycles. The van der Waals surface area contributed by atoms with Crippen molar-refractivity contribution in [2.75, 3.05) is 7.11 Å². The van der Waals surface area contributed by atoms with Crippen LogP contribution in [0, 0.1) is 5.92 Å². The Bertz CT molecular complexity index is 435. The van der Waals surface area contributed by atoms with Crippen LogP contribution >= 0.6 is 0 Å². The first-order valence-electron chi connectivity index (χ1n) is 7.11. The molecule has 2 aliphatic rings. The highest BCUT2D eigenvalue weighted by molar-refractivity contribution is 5.42. The minimum Gasteiger partial charge on any atom is -0.497 e. The maximum absolute atomic E-state index is 11.0. The van der Waals surface area contributed by atoms with E-state index in [1.54, 1.807) is 7.11 Å². The molecule has 0 radical (unpaired) electrons. The van der Waals surface area contributed by atoms with Gasteiger partial charge in [-0.3, -0.25) is 0 Å². The molecule has 1 aromatic carbocycles. The minimum absolute atomic E-state index is 0.598. The third-order valence-corrected chi connectivity index (χ3v) is 4.73. The van der Waals surface area contributed by atoms with Gasteiger partial charge in [0.25, 0.3) is 0 Å². The molecular weight excluding hydrogens is 224 g/mol. The molecule has 1 atom stereocenters. The van der Waals surface area contributed by atoms with Gasteiger partial charge in [0.1, 0.15) is 5.75 Å². The Kier molecular flexibility index (Phi) is 3.06. The summed E-state index contributed by atoms with van der Waals surface area (Å²) in [5.41, 5.74) is 1.82. The minimum atomic E-state index is -0.598. The molecule has 0 spiro atoms. The molecule has 2 heteroatoms. The van der Waals surface area contributed by atoms with Crippen LogP contribution in [-0.4, -0.2) is 12.2 Å². The Morgan fingerprint density at radius 1 is 1.33 bits per heavy atom. The van der Waals surface area contributed by atoms with E-state index in [1.807, 2.05) is 12.1 Å². The maximum Gasteiger partial charge on any atom is 0.119 e. The van der Waals surface area contributed by atoms with Gasteiger partial charge in [-0.25, -0.2) is 0 Å². The van der Waals surface area contributed by atoms with Crippen molar-refractivity contribution in [3.8, 4) is 5.75 Å². The van der Waals surface area contributed by atoms with Crippen molar-refractivity contribution in [2.24, 2.45) is 5.92 Å². The lowest BCUT2D eigenvalue weighted by Crippen LogP contribution is -2.25. The molecule has 0 amide bonds. The summed E-state index contributed by atoms with van der Waals surface area (Å²) in [6.07, 6.45) is 8.09. The van der Waals surface area contributed by atoms with Crippen molar-refractivity contribution in [1.29, 1.82) is 0 Å². The Labute approximate surface area is 109 Å². The molecule has 0 saturated heterocycles. The lowest BCUT2D eigenvalue weighted by Gasteiger charge is -2.27. The Morgan fingerprint density at radius 2 is 2.11 bits per heavy atom. The average Bonchev–Trinajstić information content (AvgIpc) is 2.99. The zero-order valence-electron chi connectivity index (χ0n) is 11.1. The van der Waals surface area contributed by atoms with Gasteiger partial charge in [-0.2, -0.15) is 0 Å². The molecule has 1 aromatic rings. The number of fused-ring (bicyclic) bond motifs is 1. The van der Waals surface area contributed by atoms with E-state index in [0.29, 0.717) is 5.92 Å². The van der Waals surface area contributed by atoms with Gasteiger partial charge in [-0.1, -0.05) is 31.7 Å². The molecule has 0 heterocycles. The van der Waals surface area contributed by atoms with Gasteiger partial charge >= 0.3 is 0 Å². The van der Waals surface area contributed by atoms with Gasteiger partial charge in [0.05, 0.1) is 12.7 Å². The van der Waals surface area contributed by atoms with E-state index in [1.165, 1.54) is 31.2 Å². The van der Waals surface area contributed by atoms with E-state index in [9.17, 15) is 5.11 Å². The molecule has 0 aliphatic heterocycles. The summed E-state index contributed by atoms with van der Waals surface area (Å²) in [4.78, 5) is 0. The van der Waals surface area contributed by atoms with Crippen LogP contribution in [-0.2, 0) is 12.0 Å². The molecule has 1 fully saturated rings. The van der Waals surface area contributed by atoms with Crippen molar-refractivity contribution in [1.82, 2.24) is 0 Å². The topological polar surface area (TPSA) is 29.5 Å². The predicted molar refractivity (Wildman–Crippen MR) is 71.8 cm³/mol. The Balaban J connectivity index is 1.86. The van der Waals surface area contributed by atoms with Gasteiger partial charge in [0, 0.05) is 0 Å². The summed E-state index contributed by atoms with van der Waals surface area (Å²) in [5.74, 6) is 1.58. The van der Waals surface area contributed by atoms with Crippen LogP contribution in [0.5, 0.6) is 5.75 Å². The van der Waals surface area contributed by atoms with E-state index >= 15 is 0 Å². The van der Waals surface area contributed by atoms with Crippen molar-refractivity contribution in [3.05, 3.63) is 29.3 Å². The molecule has 0 aromatic heterocycles. The van der Waals surface area contributed by atoms with Crippen molar-refractivity contribution < 1.29 is 9.84 Å². The molecule has 1 unspecified atom stereocenters. The number of benzene rings is 1. The number of ether oxygens (including phenoxy) is 1. The third-order valence-electron chi connectivity index (χ3n) is 4.73. The summed E-state index contributed by atoms with van der Waals surface area (Å²) in [6, 6.07) is 6.15. The second-order valence-electron chi connectivity index (χ2n) is 5.91. The van der Waals surface area contributed by atoms with Crippen molar-refractivity contribution >= 4 is 0 Å². The lowest BCUT2D eigenvalue weighted by molar-refractivity contribution is 0.0133. The first-order chi connectivity index (χ1) is 8.71. The van der Waals surface area contributed by atoms with Gasteiger partial charge in [0.15, 0.2) is 0 Å². The van der Waals surface area contributed by atoms with Gasteiger partial charge in [0.2, 0.25) is 0 Å². The van der Waals surface area contributed by atoms with Crippen LogP contribution in [0.2, 0.25) is 0 Å². The summed E-state index contributed by atoms with van der Waals surface area (Å²) in [5, 5.41) is 11.0. The van der Waals surface area contributed by atoms with Crippen LogP contribution in [0.1, 0.15) is 49.7 Å². The van der Waals surface area contributed by atoms with E-state index in [0.717, 1.165) is 30.6 Å². The molecule has 18 heavy (non-hydrogen) atoms. The fraction of sp³-hybridized carbons (Fsp3) is 0.625. The number of hydrogen-bond acceptors (Lipinski definition) is 2. The normalized spacial score (nSPS) is 27.4. The van der Waals surface area contributed by atoms with E-state index in [-0.39, 0.29) is 0 Å². The van der Waals surface area contributed by atoms with E-state index in [4.69, 9.17) is 4.74 Å². The maximum atomic E-state index is 11.0. The summed E-state index contributed by atoms with van der Waals surface area (Å²) < 4.78 is 5.29. The Hall–Kier alpha value is -1.02. The predicted octanol–water partition coefficient (Wildman–Crippen LogP) is 3.41. The molecule has 2 aliphatic carbocycles. The smallest absolute Gasteiger partial charge is 0.119 e. The lowest BCUT2D eigenvalue weighted by atomic mass is 9.85. The number of methoxy groups -OCH3 is 1. The molecule has 98 valence electrons. The second kappa shape index (κ2) is 4.58. The number of hydrogen-bond donors (Lipinski definition) is 1. The molecule has 3 rings (SSSR count). The highest BCUT2D eigenvalue weighted by atomic mass is 16.5. The molecule has 1 N–H and O–H groups in total. The fourth-order valence-corrected chi connectivity index (χ4v) is 3.71. The SMILES string of the molecule is COc1ccc2c(c1)C(O)(CC1CCCC1)CC2. The Morgan fingerprint density at radius 3 is 2.83 bits per heavy atom. The summed E-state index contributed by atoms with van der Waals surface area (Å²) >= 11 is 0. The zero-order chi connectivity index (χ0) is 12.6. The highest BCUT2D eigenvalue weighted by Crippen LogP contribution is 2.45. The monoisotopic (exact) mass is 246 g/mol. The number of aliphatic hydroxyl groups is 1. The number of aryl methyl sites for hydroxylation is 1. The van der Waals surface area contributed by atoms with E-state index in [2.05, 4.69) is 6.07 Å². The number of rotatable bonds is 3. The largest absolute Gasteiger partial charge is 0.497 e. The third kappa shape index (κ3) is 2.03. The summed E-state index contributed by atoms with van der Waals surface area (Å²) in [7, 11) is 1.69. The van der Waals surface area contributed by atoms with Crippen LogP contribution in [0.25, 0.3) is 0 Å². The van der Waals surface area contributed by atoms with Crippen LogP contribution in [0.3, 0.4) is 0 Å². The molecular formula is C16H22O2. The van der Waals surface area contributed by atoms with Crippen LogP contribution in [0.15, 0.2) is 18.2 Å². The molecule has 2 nitrogen and oxygen atoms in total. The second-order valence-corrected chi connectivity index (χ2v) is 5.91. The summed E-state index contributed by atoms with van der Waals surface area (Å²) in [6.45, 7) is 0. The van der Waals surface area contributed by atoms with Gasteiger partial charge in [-0.15, -0.1) is 0 Å². The molecule has 0 bridgehead atoms. The fourth-order valence-electron chi connectivity index (χ4n) is 3.71. The van der Waals surface area contributed by atoms with Crippen LogP contribution < -0.4 is 4.74 Å². The zero-order valence-corrected chi connectivity index (χ0v) is 11.1.